The first-order chi connectivity index (χ1) is 18.3. The minimum Gasteiger partial charge on any atom is -0.391 e. The van der Waals surface area contributed by atoms with Crippen LogP contribution in [0.3, 0.4) is 0 Å². The second-order valence-electron chi connectivity index (χ2n) is 16.2. The van der Waals surface area contributed by atoms with Gasteiger partial charge in [-0.05, 0) is 124 Å². The Morgan fingerprint density at radius 3 is 2.21 bits per heavy atom. The van der Waals surface area contributed by atoms with Gasteiger partial charge in [0.2, 0.25) is 0 Å². The van der Waals surface area contributed by atoms with E-state index < -0.39 is 30.7 Å². The predicted octanol–water partition coefficient (Wildman–Crippen LogP) is 6.71. The van der Waals surface area contributed by atoms with E-state index in [9.17, 15) is 15.3 Å². The van der Waals surface area contributed by atoms with Gasteiger partial charge in [0.05, 0.1) is 11.7 Å². The number of fused-ring (bicyclic) bond motifs is 5. The van der Waals surface area contributed by atoms with Crippen LogP contribution < -0.4 is 0 Å². The van der Waals surface area contributed by atoms with Crippen molar-refractivity contribution in [1.82, 2.24) is 0 Å². The van der Waals surface area contributed by atoms with Crippen molar-refractivity contribution in [2.75, 3.05) is 0 Å². The highest BCUT2D eigenvalue weighted by Crippen LogP contribution is 2.69. The van der Waals surface area contributed by atoms with E-state index in [2.05, 4.69) is 41.5 Å². The van der Waals surface area contributed by atoms with Crippen molar-refractivity contribution in [1.29, 1.82) is 0 Å². The molecule has 5 fully saturated rings. The molecular formula is C34H60O5. The third-order valence-corrected chi connectivity index (χ3v) is 13.3. The highest BCUT2D eigenvalue weighted by molar-refractivity contribution is 5.11. The summed E-state index contributed by atoms with van der Waals surface area (Å²) in [5.74, 6) is 5.82. The van der Waals surface area contributed by atoms with Crippen LogP contribution in [0.1, 0.15) is 126 Å². The largest absolute Gasteiger partial charge is 0.391 e. The van der Waals surface area contributed by atoms with Crippen molar-refractivity contribution in [2.24, 2.45) is 52.3 Å². The van der Waals surface area contributed by atoms with Crippen LogP contribution in [0, 0.1) is 52.3 Å². The second kappa shape index (κ2) is 11.1. The van der Waals surface area contributed by atoms with Gasteiger partial charge in [0.1, 0.15) is 18.3 Å². The van der Waals surface area contributed by atoms with E-state index in [-0.39, 0.29) is 5.60 Å². The average Bonchev–Trinajstić information content (AvgIpc) is 3.36. The monoisotopic (exact) mass is 548 g/mol. The van der Waals surface area contributed by atoms with Gasteiger partial charge in [0, 0.05) is 0 Å². The summed E-state index contributed by atoms with van der Waals surface area (Å²) in [6.07, 6.45) is 10.9. The van der Waals surface area contributed by atoms with Crippen molar-refractivity contribution >= 4 is 0 Å². The van der Waals surface area contributed by atoms with Crippen LogP contribution in [-0.2, 0) is 9.47 Å². The van der Waals surface area contributed by atoms with E-state index in [1.165, 1.54) is 64.2 Å². The molecule has 0 bridgehead atoms. The molecule has 226 valence electrons. The Morgan fingerprint density at radius 1 is 0.821 bits per heavy atom. The summed E-state index contributed by atoms with van der Waals surface area (Å²) in [7, 11) is 0. The van der Waals surface area contributed by atoms with E-state index in [1.54, 1.807) is 6.92 Å². The highest BCUT2D eigenvalue weighted by atomic mass is 16.7. The molecule has 39 heavy (non-hydrogen) atoms. The zero-order valence-electron chi connectivity index (χ0n) is 26.1. The number of rotatable bonds is 8. The van der Waals surface area contributed by atoms with Crippen molar-refractivity contribution in [3.63, 3.8) is 0 Å². The SMILES string of the molecule is CC(C)CCC[C@@H](C)[C@H]1CC[C@H]2[C@@H]3CC[C@H]4C[C@](C)(O[C@H]5O[C@H]([C@H](C)O)[C@@H](O)[C@@H]5O)CC[C@]4(C)[C@H]3CC[C@]12C. The average molecular weight is 549 g/mol. The molecule has 0 spiro atoms. The molecule has 0 amide bonds. The molecule has 5 nitrogen and oxygen atoms in total. The van der Waals surface area contributed by atoms with E-state index in [0.717, 1.165) is 48.3 Å². The van der Waals surface area contributed by atoms with Gasteiger partial charge >= 0.3 is 0 Å². The third-order valence-electron chi connectivity index (χ3n) is 13.3. The summed E-state index contributed by atoms with van der Waals surface area (Å²) in [5.41, 5.74) is 0.527. The molecule has 1 saturated heterocycles. The van der Waals surface area contributed by atoms with Crippen LogP contribution in [0.5, 0.6) is 0 Å². The van der Waals surface area contributed by atoms with Gasteiger partial charge in [-0.2, -0.15) is 0 Å². The van der Waals surface area contributed by atoms with Crippen LogP contribution in [-0.4, -0.2) is 51.6 Å². The first kappa shape index (κ1) is 30.3. The zero-order valence-corrected chi connectivity index (χ0v) is 26.1. The maximum absolute atomic E-state index is 10.6. The standard InChI is InChI=1S/C34H60O5/c1-20(2)9-8-10-21(3)25-13-14-26-24-12-11-23-19-32(5,39-31-29(37)28(36)30(38-31)22(4)35)17-18-33(23,6)27(24)15-16-34(25,26)7/h20-31,35-37H,8-19H2,1-7H3/t21-,22+,23+,24+,25-,26+,27+,28+,29+,30-,31-,32-,33+,34-/m1/s1. The summed E-state index contributed by atoms with van der Waals surface area (Å²) < 4.78 is 12.3. The molecular weight excluding hydrogens is 488 g/mol. The molecule has 4 aliphatic carbocycles. The lowest BCUT2D eigenvalue weighted by atomic mass is 9.43. The zero-order chi connectivity index (χ0) is 28.3. The van der Waals surface area contributed by atoms with Crippen molar-refractivity contribution in [3.05, 3.63) is 0 Å². The fraction of sp³-hybridized carbons (Fsp3) is 1.00. The topological polar surface area (TPSA) is 79.2 Å². The Labute approximate surface area is 238 Å². The number of ether oxygens (including phenoxy) is 2. The van der Waals surface area contributed by atoms with Crippen LogP contribution in [0.2, 0.25) is 0 Å². The lowest BCUT2D eigenvalue weighted by molar-refractivity contribution is -0.253. The van der Waals surface area contributed by atoms with Crippen molar-refractivity contribution < 1.29 is 24.8 Å². The normalized spacial score (nSPS) is 51.3. The number of aliphatic hydroxyl groups excluding tert-OH is 3. The van der Waals surface area contributed by atoms with E-state index in [1.807, 2.05) is 0 Å². The molecule has 0 unspecified atom stereocenters. The fourth-order valence-corrected chi connectivity index (χ4v) is 11.0. The van der Waals surface area contributed by atoms with Gasteiger partial charge in [-0.1, -0.05) is 53.9 Å². The second-order valence-corrected chi connectivity index (χ2v) is 16.2. The number of hydrogen-bond donors (Lipinski definition) is 3. The molecule has 5 heteroatoms. The summed E-state index contributed by atoms with van der Waals surface area (Å²) >= 11 is 0. The lowest BCUT2D eigenvalue weighted by Gasteiger charge is -2.62. The molecule has 14 atom stereocenters. The summed E-state index contributed by atoms with van der Waals surface area (Å²) in [4.78, 5) is 0. The predicted molar refractivity (Wildman–Crippen MR) is 155 cm³/mol. The fourth-order valence-electron chi connectivity index (χ4n) is 11.0. The van der Waals surface area contributed by atoms with Crippen molar-refractivity contribution in [3.8, 4) is 0 Å². The maximum atomic E-state index is 10.6. The Balaban J connectivity index is 1.23. The molecule has 0 aromatic heterocycles. The first-order valence-corrected chi connectivity index (χ1v) is 16.7. The van der Waals surface area contributed by atoms with Gasteiger partial charge in [0.15, 0.2) is 6.29 Å². The summed E-state index contributed by atoms with van der Waals surface area (Å²) in [5, 5.41) is 30.9. The molecule has 1 aliphatic heterocycles. The molecule has 0 aromatic carbocycles. The minimum absolute atomic E-state index is 0.366. The molecule has 0 radical (unpaired) electrons. The van der Waals surface area contributed by atoms with Gasteiger partial charge in [-0.15, -0.1) is 0 Å². The van der Waals surface area contributed by atoms with E-state index >= 15 is 0 Å². The first-order valence-electron chi connectivity index (χ1n) is 16.7. The Bertz CT molecular complexity index is 845. The quantitative estimate of drug-likeness (QED) is 0.314. The maximum Gasteiger partial charge on any atom is 0.187 e. The summed E-state index contributed by atoms with van der Waals surface area (Å²) in [6, 6.07) is 0. The Morgan fingerprint density at radius 2 is 1.54 bits per heavy atom. The Hall–Kier alpha value is -0.200. The molecule has 4 saturated carbocycles. The smallest absolute Gasteiger partial charge is 0.187 e. The van der Waals surface area contributed by atoms with E-state index in [4.69, 9.17) is 9.47 Å². The lowest BCUT2D eigenvalue weighted by Crippen LogP contribution is -2.56. The van der Waals surface area contributed by atoms with E-state index in [0.29, 0.717) is 16.7 Å². The minimum atomic E-state index is -1.12. The summed E-state index contributed by atoms with van der Waals surface area (Å²) in [6.45, 7) is 16.3. The number of aliphatic hydroxyl groups is 3. The molecule has 1 heterocycles. The Kier molecular flexibility index (Phi) is 8.64. The molecule has 5 aliphatic rings. The van der Waals surface area contributed by atoms with Crippen molar-refractivity contribution in [2.45, 2.75) is 162 Å². The van der Waals surface area contributed by atoms with Crippen LogP contribution in [0.25, 0.3) is 0 Å². The molecule has 0 aromatic rings. The third kappa shape index (κ3) is 5.39. The number of hydrogen-bond acceptors (Lipinski definition) is 5. The van der Waals surface area contributed by atoms with Gasteiger partial charge < -0.3 is 24.8 Å². The van der Waals surface area contributed by atoms with Crippen LogP contribution >= 0.6 is 0 Å². The highest BCUT2D eigenvalue weighted by Gasteiger charge is 2.62. The van der Waals surface area contributed by atoms with Gasteiger partial charge in [0.25, 0.3) is 0 Å². The van der Waals surface area contributed by atoms with Crippen LogP contribution in [0.15, 0.2) is 0 Å². The van der Waals surface area contributed by atoms with Gasteiger partial charge in [-0.3, -0.25) is 0 Å². The van der Waals surface area contributed by atoms with Gasteiger partial charge in [-0.25, -0.2) is 0 Å². The van der Waals surface area contributed by atoms with Crippen LogP contribution in [0.4, 0.5) is 0 Å². The molecule has 5 rings (SSSR count). The molecule has 3 N–H and O–H groups in total.